The minimum Gasteiger partial charge on any atom is -0.496 e. The molecule has 0 unspecified atom stereocenters. The Hall–Kier alpha value is -1.51. The average Bonchev–Trinajstić information content (AvgIpc) is 2.48. The molecule has 112 valence electrons. The van der Waals surface area contributed by atoms with Gasteiger partial charge in [0.25, 0.3) is 0 Å². The van der Waals surface area contributed by atoms with Gasteiger partial charge in [-0.3, -0.25) is 0 Å². The van der Waals surface area contributed by atoms with E-state index in [4.69, 9.17) is 16.3 Å². The molecule has 0 aliphatic carbocycles. The van der Waals surface area contributed by atoms with E-state index in [1.54, 1.807) is 7.11 Å². The summed E-state index contributed by atoms with van der Waals surface area (Å²) in [4.78, 5) is 0. The fraction of sp³-hybridized carbons (Fsp3) is 0.333. The van der Waals surface area contributed by atoms with Crippen LogP contribution in [0.3, 0.4) is 0 Å². The predicted molar refractivity (Wildman–Crippen MR) is 90.2 cm³/mol. The second kappa shape index (κ2) is 7.48. The van der Waals surface area contributed by atoms with Gasteiger partial charge in [-0.25, -0.2) is 0 Å². The molecule has 0 radical (unpaired) electrons. The molecule has 0 atom stereocenters. The molecule has 0 spiro atoms. The van der Waals surface area contributed by atoms with E-state index < -0.39 is 0 Å². The van der Waals surface area contributed by atoms with Crippen LogP contribution in [0, 0.1) is 6.92 Å². The first-order valence-electron chi connectivity index (χ1n) is 7.30. The standard InChI is InChI=1S/C18H22ClNO/c1-4-9-20-12-14-5-7-16(13(2)10-14)17-11-15(19)6-8-18(17)21-3/h5-8,10-11,20H,4,9,12H2,1-3H3. The van der Waals surface area contributed by atoms with Crippen molar-refractivity contribution >= 4 is 11.6 Å². The molecule has 1 N–H and O–H groups in total. The summed E-state index contributed by atoms with van der Waals surface area (Å²) in [5.74, 6) is 0.847. The van der Waals surface area contributed by atoms with Crippen LogP contribution in [-0.2, 0) is 6.54 Å². The van der Waals surface area contributed by atoms with Crippen LogP contribution >= 0.6 is 11.6 Å². The third-order valence-corrected chi connectivity index (χ3v) is 3.73. The molecule has 0 aliphatic heterocycles. The maximum atomic E-state index is 6.13. The third kappa shape index (κ3) is 3.99. The first kappa shape index (κ1) is 15.9. The monoisotopic (exact) mass is 303 g/mol. The van der Waals surface area contributed by atoms with Crippen molar-refractivity contribution in [3.8, 4) is 16.9 Å². The van der Waals surface area contributed by atoms with E-state index in [0.717, 1.165) is 41.4 Å². The quantitative estimate of drug-likeness (QED) is 0.772. The zero-order valence-electron chi connectivity index (χ0n) is 12.9. The fourth-order valence-electron chi connectivity index (χ4n) is 2.44. The molecule has 0 bridgehead atoms. The summed E-state index contributed by atoms with van der Waals surface area (Å²) in [5, 5.41) is 4.14. The molecule has 2 nitrogen and oxygen atoms in total. The molecule has 0 heterocycles. The average molecular weight is 304 g/mol. The van der Waals surface area contributed by atoms with E-state index in [9.17, 15) is 0 Å². The first-order valence-corrected chi connectivity index (χ1v) is 7.67. The number of methoxy groups -OCH3 is 1. The van der Waals surface area contributed by atoms with Gasteiger partial charge in [0.2, 0.25) is 0 Å². The number of aryl methyl sites for hydroxylation is 1. The summed E-state index contributed by atoms with van der Waals surface area (Å²) in [7, 11) is 1.69. The van der Waals surface area contributed by atoms with E-state index in [-0.39, 0.29) is 0 Å². The largest absolute Gasteiger partial charge is 0.496 e. The Morgan fingerprint density at radius 3 is 2.57 bits per heavy atom. The highest BCUT2D eigenvalue weighted by molar-refractivity contribution is 6.31. The molecule has 3 heteroatoms. The smallest absolute Gasteiger partial charge is 0.126 e. The van der Waals surface area contributed by atoms with Crippen LogP contribution in [0.4, 0.5) is 0 Å². The van der Waals surface area contributed by atoms with Crippen LogP contribution in [0.25, 0.3) is 11.1 Å². The molecule has 2 aromatic carbocycles. The van der Waals surface area contributed by atoms with Gasteiger partial charge in [0.15, 0.2) is 0 Å². The highest BCUT2D eigenvalue weighted by atomic mass is 35.5. The molecular formula is C18H22ClNO. The lowest BCUT2D eigenvalue weighted by Gasteiger charge is -2.13. The lowest BCUT2D eigenvalue weighted by Crippen LogP contribution is -2.13. The SMILES string of the molecule is CCCNCc1ccc(-c2cc(Cl)ccc2OC)c(C)c1. The number of hydrogen-bond donors (Lipinski definition) is 1. The normalized spacial score (nSPS) is 10.7. The van der Waals surface area contributed by atoms with Gasteiger partial charge in [-0.2, -0.15) is 0 Å². The maximum Gasteiger partial charge on any atom is 0.126 e. The summed E-state index contributed by atoms with van der Waals surface area (Å²) in [5.41, 5.74) is 4.72. The highest BCUT2D eigenvalue weighted by Gasteiger charge is 2.09. The number of halogens is 1. The molecule has 2 rings (SSSR count). The molecule has 0 amide bonds. The Labute approximate surface area is 132 Å². The summed E-state index contributed by atoms with van der Waals surface area (Å²) in [6.45, 7) is 6.25. The molecule has 0 saturated carbocycles. The van der Waals surface area contributed by atoms with Crippen LogP contribution in [0.15, 0.2) is 36.4 Å². The molecule has 2 aromatic rings. The summed E-state index contributed by atoms with van der Waals surface area (Å²) < 4.78 is 5.45. The van der Waals surface area contributed by atoms with Gasteiger partial charge in [-0.05, 0) is 54.8 Å². The molecule has 0 fully saturated rings. The molecular weight excluding hydrogens is 282 g/mol. The van der Waals surface area contributed by atoms with E-state index >= 15 is 0 Å². The van der Waals surface area contributed by atoms with Gasteiger partial charge in [-0.1, -0.05) is 36.7 Å². The Kier molecular flexibility index (Phi) is 5.66. The Bertz CT molecular complexity index is 610. The highest BCUT2D eigenvalue weighted by Crippen LogP contribution is 2.34. The predicted octanol–water partition coefficient (Wildman–Crippen LogP) is 4.82. The van der Waals surface area contributed by atoms with E-state index in [1.165, 1.54) is 11.1 Å². The second-order valence-corrected chi connectivity index (χ2v) is 5.61. The summed E-state index contributed by atoms with van der Waals surface area (Å²) >= 11 is 6.13. The number of ether oxygens (including phenoxy) is 1. The van der Waals surface area contributed by atoms with Gasteiger partial charge in [0.05, 0.1) is 7.11 Å². The van der Waals surface area contributed by atoms with Gasteiger partial charge in [-0.15, -0.1) is 0 Å². The van der Waals surface area contributed by atoms with Crippen molar-refractivity contribution in [1.29, 1.82) is 0 Å². The van der Waals surface area contributed by atoms with Crippen molar-refractivity contribution in [2.45, 2.75) is 26.8 Å². The van der Waals surface area contributed by atoms with Crippen LogP contribution in [0.2, 0.25) is 5.02 Å². The van der Waals surface area contributed by atoms with Gasteiger partial charge in [0.1, 0.15) is 5.75 Å². The molecule has 21 heavy (non-hydrogen) atoms. The topological polar surface area (TPSA) is 21.3 Å². The molecule has 0 aliphatic rings. The zero-order chi connectivity index (χ0) is 15.2. The zero-order valence-corrected chi connectivity index (χ0v) is 13.6. The molecule has 0 saturated heterocycles. The minimum atomic E-state index is 0.721. The fourth-order valence-corrected chi connectivity index (χ4v) is 2.61. The maximum absolute atomic E-state index is 6.13. The minimum absolute atomic E-state index is 0.721. The number of hydrogen-bond acceptors (Lipinski definition) is 2. The Morgan fingerprint density at radius 1 is 1.10 bits per heavy atom. The van der Waals surface area contributed by atoms with E-state index in [0.29, 0.717) is 0 Å². The van der Waals surface area contributed by atoms with Gasteiger partial charge < -0.3 is 10.1 Å². The van der Waals surface area contributed by atoms with Gasteiger partial charge in [0, 0.05) is 17.1 Å². The van der Waals surface area contributed by atoms with Crippen molar-refractivity contribution < 1.29 is 4.74 Å². The van der Waals surface area contributed by atoms with Crippen molar-refractivity contribution in [2.24, 2.45) is 0 Å². The van der Waals surface area contributed by atoms with Crippen molar-refractivity contribution in [3.63, 3.8) is 0 Å². The lowest BCUT2D eigenvalue weighted by molar-refractivity contribution is 0.416. The van der Waals surface area contributed by atoms with E-state index in [1.807, 2.05) is 18.2 Å². The second-order valence-electron chi connectivity index (χ2n) is 5.17. The van der Waals surface area contributed by atoms with Crippen molar-refractivity contribution in [2.75, 3.05) is 13.7 Å². The number of nitrogens with one attached hydrogen (secondary N) is 1. The number of benzene rings is 2. The Balaban J connectivity index is 2.30. The van der Waals surface area contributed by atoms with Crippen LogP contribution < -0.4 is 10.1 Å². The molecule has 0 aromatic heterocycles. The summed E-state index contributed by atoms with van der Waals surface area (Å²) in [6.07, 6.45) is 1.15. The third-order valence-electron chi connectivity index (χ3n) is 3.50. The van der Waals surface area contributed by atoms with Crippen molar-refractivity contribution in [3.05, 3.63) is 52.5 Å². The van der Waals surface area contributed by atoms with Gasteiger partial charge >= 0.3 is 0 Å². The van der Waals surface area contributed by atoms with Crippen LogP contribution in [0.5, 0.6) is 5.75 Å². The van der Waals surface area contributed by atoms with Crippen molar-refractivity contribution in [1.82, 2.24) is 5.32 Å². The lowest BCUT2D eigenvalue weighted by atomic mass is 9.97. The van der Waals surface area contributed by atoms with Crippen LogP contribution in [0.1, 0.15) is 24.5 Å². The number of rotatable bonds is 6. The van der Waals surface area contributed by atoms with Crippen LogP contribution in [-0.4, -0.2) is 13.7 Å². The van der Waals surface area contributed by atoms with E-state index in [2.05, 4.69) is 37.4 Å². The first-order chi connectivity index (χ1) is 10.2. The Morgan fingerprint density at radius 2 is 1.90 bits per heavy atom. The summed E-state index contributed by atoms with van der Waals surface area (Å²) in [6, 6.07) is 12.2.